The van der Waals surface area contributed by atoms with Crippen LogP contribution in [-0.4, -0.2) is 43.5 Å². The molecule has 0 saturated heterocycles. The summed E-state index contributed by atoms with van der Waals surface area (Å²) in [6, 6.07) is 12.1. The lowest BCUT2D eigenvalue weighted by molar-refractivity contribution is -0.120. The Bertz CT molecular complexity index is 1020. The Kier molecular flexibility index (Phi) is 10.7. The number of hydrogen-bond donors (Lipinski definition) is 5. The number of carbonyl (C=O) groups excluding carboxylic acids is 1. The van der Waals surface area contributed by atoms with Crippen molar-refractivity contribution in [1.29, 1.82) is 16.2 Å². The highest BCUT2D eigenvalue weighted by Gasteiger charge is 2.22. The van der Waals surface area contributed by atoms with Crippen LogP contribution in [0.1, 0.15) is 50.2 Å². The fourth-order valence-corrected chi connectivity index (χ4v) is 3.57. The number of anilines is 1. The average Bonchev–Trinajstić information content (AvgIpc) is 2.82. The van der Waals surface area contributed by atoms with Gasteiger partial charge in [0.05, 0.1) is 18.5 Å². The zero-order valence-electron chi connectivity index (χ0n) is 19.7. The van der Waals surface area contributed by atoms with E-state index in [0.717, 1.165) is 19.3 Å². The number of nitrogens with one attached hydrogen (secondary N) is 4. The summed E-state index contributed by atoms with van der Waals surface area (Å²) in [5.41, 5.74) is 7.33. The van der Waals surface area contributed by atoms with Crippen molar-refractivity contribution in [2.75, 3.05) is 25.1 Å². The lowest BCUT2D eigenvalue weighted by atomic mass is 9.99. The second-order valence-corrected chi connectivity index (χ2v) is 8.27. The van der Waals surface area contributed by atoms with E-state index in [1.807, 2.05) is 0 Å². The Morgan fingerprint density at radius 1 is 1.06 bits per heavy atom. The number of halogens is 1. The molecule has 34 heavy (non-hydrogen) atoms. The van der Waals surface area contributed by atoms with Gasteiger partial charge in [-0.3, -0.25) is 25.9 Å². The van der Waals surface area contributed by atoms with Crippen molar-refractivity contribution < 1.29 is 9.53 Å². The molecule has 8 nitrogen and oxygen atoms in total. The number of hydrogen-bond acceptors (Lipinski definition) is 6. The Labute approximate surface area is 206 Å². The smallest absolute Gasteiger partial charge is 0.220 e. The lowest BCUT2D eigenvalue weighted by Gasteiger charge is -2.27. The van der Waals surface area contributed by atoms with Gasteiger partial charge in [-0.1, -0.05) is 30.2 Å². The maximum atomic E-state index is 12.2. The topological polar surface area (TPSA) is 139 Å². The fourth-order valence-electron chi connectivity index (χ4n) is 3.44. The van der Waals surface area contributed by atoms with Crippen LogP contribution >= 0.6 is 11.6 Å². The molecule has 0 aliphatic carbocycles. The summed E-state index contributed by atoms with van der Waals surface area (Å²) in [5, 5.41) is 29.1. The van der Waals surface area contributed by atoms with E-state index in [-0.39, 0.29) is 36.1 Å². The van der Waals surface area contributed by atoms with Crippen molar-refractivity contribution in [2.45, 2.75) is 39.0 Å². The van der Waals surface area contributed by atoms with Gasteiger partial charge in [0.2, 0.25) is 5.91 Å². The number of rotatable bonds is 12. The molecular weight excluding hydrogens is 452 g/mol. The Hall–Kier alpha value is -3.23. The summed E-state index contributed by atoms with van der Waals surface area (Å²) in [6.07, 6.45) is 3.06. The third-order valence-electron chi connectivity index (χ3n) is 5.24. The second-order valence-electron chi connectivity index (χ2n) is 7.83. The predicted octanol–water partition coefficient (Wildman–Crippen LogP) is 4.57. The first-order valence-electron chi connectivity index (χ1n) is 11.2. The molecule has 0 aromatic heterocycles. The summed E-state index contributed by atoms with van der Waals surface area (Å²) in [4.78, 5) is 13.7. The fraction of sp³-hybridized carbons (Fsp3) is 0.360. The molecule has 0 heterocycles. The van der Waals surface area contributed by atoms with E-state index < -0.39 is 0 Å². The van der Waals surface area contributed by atoms with Crippen LogP contribution in [0.25, 0.3) is 0 Å². The maximum absolute atomic E-state index is 12.2. The zero-order valence-corrected chi connectivity index (χ0v) is 20.5. The monoisotopic (exact) mass is 484 g/mol. The molecule has 0 bridgehead atoms. The molecule has 2 aromatic carbocycles. The molecule has 182 valence electrons. The van der Waals surface area contributed by atoms with Crippen LogP contribution in [0.5, 0.6) is 5.75 Å². The van der Waals surface area contributed by atoms with Crippen LogP contribution < -0.4 is 20.7 Å². The van der Waals surface area contributed by atoms with Crippen LogP contribution in [0.4, 0.5) is 5.69 Å². The summed E-state index contributed by atoms with van der Waals surface area (Å²) in [6.45, 7) is 2.80. The van der Waals surface area contributed by atoms with Gasteiger partial charge in [0, 0.05) is 35.5 Å². The maximum Gasteiger partial charge on any atom is 0.220 e. The van der Waals surface area contributed by atoms with Gasteiger partial charge in [0.25, 0.3) is 0 Å². The van der Waals surface area contributed by atoms with E-state index >= 15 is 0 Å². The van der Waals surface area contributed by atoms with Crippen LogP contribution in [0, 0.1) is 16.2 Å². The van der Waals surface area contributed by atoms with E-state index in [1.165, 1.54) is 4.90 Å². The normalized spacial score (nSPS) is 10.5. The molecular formula is C25H33ClN6O2. The van der Waals surface area contributed by atoms with E-state index in [0.29, 0.717) is 40.7 Å². The summed E-state index contributed by atoms with van der Waals surface area (Å²) in [7, 11) is 1.54. The molecule has 0 unspecified atom stereocenters. The van der Waals surface area contributed by atoms with Gasteiger partial charge in [-0.15, -0.1) is 0 Å². The number of nitrogens with two attached hydrogens (primary N) is 1. The Morgan fingerprint density at radius 3 is 2.38 bits per heavy atom. The van der Waals surface area contributed by atoms with Crippen molar-refractivity contribution >= 4 is 40.6 Å². The van der Waals surface area contributed by atoms with Crippen molar-refractivity contribution in [3.63, 3.8) is 0 Å². The highest BCUT2D eigenvalue weighted by atomic mass is 35.5. The van der Waals surface area contributed by atoms with Crippen LogP contribution in [0.3, 0.4) is 0 Å². The highest BCUT2D eigenvalue weighted by molar-refractivity contribution is 6.30. The van der Waals surface area contributed by atoms with Crippen LogP contribution in [0.2, 0.25) is 5.02 Å². The Morgan fingerprint density at radius 2 is 1.76 bits per heavy atom. The zero-order chi connectivity index (χ0) is 25.1. The number of amides is 1. The minimum absolute atomic E-state index is 0.0982. The van der Waals surface area contributed by atoms with Crippen LogP contribution in [0.15, 0.2) is 42.5 Å². The van der Waals surface area contributed by atoms with Crippen molar-refractivity contribution in [1.82, 2.24) is 5.32 Å². The number of ether oxygens (including phenoxy) is 1. The van der Waals surface area contributed by atoms with Crippen molar-refractivity contribution in [3.05, 3.63) is 58.6 Å². The molecule has 9 heteroatoms. The minimum Gasteiger partial charge on any atom is -0.497 e. The summed E-state index contributed by atoms with van der Waals surface area (Å²) < 4.78 is 5.35. The van der Waals surface area contributed by atoms with Crippen LogP contribution in [-0.2, 0) is 4.79 Å². The molecule has 1 amide bonds. The average molecular weight is 485 g/mol. The van der Waals surface area contributed by atoms with E-state index in [9.17, 15) is 4.79 Å². The van der Waals surface area contributed by atoms with Crippen molar-refractivity contribution in [2.24, 2.45) is 5.73 Å². The standard InChI is InChI=1S/C25H33ClN6O2/c1-17(28)32(23(29)12-13-24(33)31-15-5-3-4-14-27)22-11-10-20(34-2)16-21(22)25(30)18-6-8-19(26)9-7-18/h6-11,16,28-30H,3-5,12-15,27H2,1-2H3,(H,31,33). The lowest BCUT2D eigenvalue weighted by Crippen LogP contribution is -2.36. The number of unbranched alkanes of at least 4 members (excludes halogenated alkanes) is 2. The molecule has 6 N–H and O–H groups in total. The molecule has 2 aromatic rings. The van der Waals surface area contributed by atoms with Gasteiger partial charge in [0.15, 0.2) is 0 Å². The number of amidine groups is 2. The molecule has 0 atom stereocenters. The van der Waals surface area contributed by atoms with E-state index in [2.05, 4.69) is 5.32 Å². The Balaban J connectivity index is 2.21. The molecule has 0 aliphatic rings. The summed E-state index contributed by atoms with van der Waals surface area (Å²) >= 11 is 6.00. The van der Waals surface area contributed by atoms with Gasteiger partial charge >= 0.3 is 0 Å². The molecule has 0 saturated carbocycles. The molecule has 0 spiro atoms. The third-order valence-corrected chi connectivity index (χ3v) is 5.50. The van der Waals surface area contributed by atoms with Gasteiger partial charge < -0.3 is 15.8 Å². The molecule has 0 fully saturated rings. The molecule has 0 aliphatic heterocycles. The number of carbonyl (C=O) groups is 1. The van der Waals surface area contributed by atoms with E-state index in [4.69, 9.17) is 38.3 Å². The van der Waals surface area contributed by atoms with Gasteiger partial charge in [-0.2, -0.15) is 0 Å². The summed E-state index contributed by atoms with van der Waals surface area (Å²) in [5.74, 6) is 0.633. The number of methoxy groups -OCH3 is 1. The molecule has 2 rings (SSSR count). The molecule has 0 radical (unpaired) electrons. The highest BCUT2D eigenvalue weighted by Crippen LogP contribution is 2.29. The van der Waals surface area contributed by atoms with Crippen molar-refractivity contribution in [3.8, 4) is 5.75 Å². The van der Waals surface area contributed by atoms with Gasteiger partial charge in [-0.25, -0.2) is 0 Å². The van der Waals surface area contributed by atoms with Gasteiger partial charge in [-0.05, 0) is 56.6 Å². The second kappa shape index (κ2) is 13.5. The number of benzene rings is 2. The SMILES string of the molecule is COc1ccc(N(C(C)=N)C(=N)CCC(=O)NCCCCCN)c(C(=N)c2ccc(Cl)cc2)c1. The number of nitrogens with zero attached hydrogens (tertiary/aromatic N) is 1. The minimum atomic E-state index is -0.135. The van der Waals surface area contributed by atoms with Gasteiger partial charge in [0.1, 0.15) is 17.4 Å². The largest absolute Gasteiger partial charge is 0.497 e. The first-order chi connectivity index (χ1) is 16.3. The predicted molar refractivity (Wildman–Crippen MR) is 139 cm³/mol. The first-order valence-corrected chi connectivity index (χ1v) is 11.6. The van der Waals surface area contributed by atoms with E-state index in [1.54, 1.807) is 56.5 Å². The quantitative estimate of drug-likeness (QED) is 0.171. The third kappa shape index (κ3) is 7.67. The first kappa shape index (κ1) is 27.0.